The van der Waals surface area contributed by atoms with Crippen molar-refractivity contribution in [2.75, 3.05) is 6.61 Å². The van der Waals surface area contributed by atoms with Gasteiger partial charge in [0.15, 0.2) is 12.4 Å². The van der Waals surface area contributed by atoms with Crippen LogP contribution in [0.2, 0.25) is 0 Å². The van der Waals surface area contributed by atoms with Gasteiger partial charge in [-0.05, 0) is 51.4 Å². The first kappa shape index (κ1) is 25.0. The first-order valence-corrected chi connectivity index (χ1v) is 10.9. The summed E-state index contributed by atoms with van der Waals surface area (Å²) >= 11 is 0. The molecule has 0 saturated carbocycles. The van der Waals surface area contributed by atoms with Crippen LogP contribution < -0.4 is 0 Å². The number of hydrogen-bond donors (Lipinski definition) is 3. The monoisotopic (exact) mass is 426 g/mol. The molecule has 0 spiro atoms. The highest BCUT2D eigenvalue weighted by atomic mass is 16.7. The Bertz CT molecular complexity index is 629. The quantitative estimate of drug-likeness (QED) is 0.458. The Kier molecular flexibility index (Phi) is 9.06. The normalized spacial score (nSPS) is 41.0. The molecule has 172 valence electrons. The third kappa shape index (κ3) is 6.62. The minimum Gasteiger partial charge on any atom is -0.454 e. The third-order valence-corrected chi connectivity index (χ3v) is 6.07. The summed E-state index contributed by atoms with van der Waals surface area (Å²) in [7, 11) is 0. The van der Waals surface area contributed by atoms with Gasteiger partial charge in [-0.25, -0.2) is 0 Å². The van der Waals surface area contributed by atoms with Crippen LogP contribution in [0.1, 0.15) is 60.3 Å². The fourth-order valence-corrected chi connectivity index (χ4v) is 4.00. The van der Waals surface area contributed by atoms with Crippen LogP contribution in [-0.4, -0.2) is 64.2 Å². The van der Waals surface area contributed by atoms with Crippen molar-refractivity contribution in [3.63, 3.8) is 0 Å². The van der Waals surface area contributed by atoms with Crippen LogP contribution in [0.5, 0.6) is 0 Å². The van der Waals surface area contributed by atoms with E-state index in [0.717, 1.165) is 19.3 Å². The van der Waals surface area contributed by atoms with E-state index >= 15 is 0 Å². The van der Waals surface area contributed by atoms with Crippen molar-refractivity contribution >= 4 is 5.97 Å². The summed E-state index contributed by atoms with van der Waals surface area (Å²) in [5.41, 5.74) is 0.607. The molecular formula is C23H38O7. The van der Waals surface area contributed by atoms with Crippen LogP contribution in [0, 0.1) is 11.8 Å². The molecule has 1 aliphatic carbocycles. The predicted octanol–water partition coefficient (Wildman–Crippen LogP) is 2.48. The zero-order valence-corrected chi connectivity index (χ0v) is 18.8. The van der Waals surface area contributed by atoms with E-state index in [-0.39, 0.29) is 0 Å². The lowest BCUT2D eigenvalue weighted by atomic mass is 9.85. The Morgan fingerprint density at radius 1 is 1.33 bits per heavy atom. The Balaban J connectivity index is 2.29. The number of ether oxygens (including phenoxy) is 3. The number of hydrogen-bond acceptors (Lipinski definition) is 7. The van der Waals surface area contributed by atoms with Crippen LogP contribution in [0.25, 0.3) is 0 Å². The molecule has 0 amide bonds. The standard InChI is InChI=1S/C23H38O7/c1-14(2)17-9-8-15(3)7-6-11-23(5,12-10-17)30-22-21(28-16(4)25)20(27)19(26)18(13-24)29-22/h7,10,12,14,17-22,24,26-27H,6,8-9,11,13H2,1-5H3/b12-10+,15-7+/t17-,18-,19-,20+,21-,22+,23-/m1/s1. The van der Waals surface area contributed by atoms with Crippen LogP contribution in [0.4, 0.5) is 0 Å². The van der Waals surface area contributed by atoms with Crippen molar-refractivity contribution in [3.05, 3.63) is 23.8 Å². The zero-order valence-electron chi connectivity index (χ0n) is 18.8. The van der Waals surface area contributed by atoms with Crippen molar-refractivity contribution in [2.24, 2.45) is 11.8 Å². The molecule has 1 saturated heterocycles. The number of aliphatic hydroxyl groups excluding tert-OH is 3. The number of carbonyl (C=O) groups excluding carboxylic acids is 1. The van der Waals surface area contributed by atoms with Crippen LogP contribution >= 0.6 is 0 Å². The number of rotatable bonds is 5. The second-order valence-corrected chi connectivity index (χ2v) is 9.11. The lowest BCUT2D eigenvalue weighted by molar-refractivity contribution is -0.321. The zero-order chi connectivity index (χ0) is 22.5. The first-order valence-electron chi connectivity index (χ1n) is 10.9. The second kappa shape index (κ2) is 10.9. The Labute approximate surface area is 179 Å². The molecule has 3 N–H and O–H groups in total. The highest BCUT2D eigenvalue weighted by Gasteiger charge is 2.48. The summed E-state index contributed by atoms with van der Waals surface area (Å²) in [4.78, 5) is 11.6. The van der Waals surface area contributed by atoms with E-state index in [2.05, 4.69) is 32.9 Å². The molecule has 0 aromatic heterocycles. The topological polar surface area (TPSA) is 105 Å². The fraction of sp³-hybridized carbons (Fsp3) is 0.783. The van der Waals surface area contributed by atoms with Crippen LogP contribution in [0.3, 0.4) is 0 Å². The molecule has 1 aliphatic heterocycles. The van der Waals surface area contributed by atoms with Gasteiger partial charge in [0.25, 0.3) is 0 Å². The van der Waals surface area contributed by atoms with Gasteiger partial charge in [0.05, 0.1) is 12.2 Å². The molecule has 0 aromatic rings. The smallest absolute Gasteiger partial charge is 0.303 e. The van der Waals surface area contributed by atoms with Gasteiger partial charge in [0.1, 0.15) is 18.3 Å². The van der Waals surface area contributed by atoms with Crippen molar-refractivity contribution < 1.29 is 34.3 Å². The highest BCUT2D eigenvalue weighted by Crippen LogP contribution is 2.33. The van der Waals surface area contributed by atoms with Crippen molar-refractivity contribution in [1.29, 1.82) is 0 Å². The van der Waals surface area contributed by atoms with Crippen LogP contribution in [0.15, 0.2) is 23.8 Å². The largest absolute Gasteiger partial charge is 0.454 e. The lowest BCUT2D eigenvalue weighted by Gasteiger charge is -2.44. The van der Waals surface area contributed by atoms with Crippen molar-refractivity contribution in [3.8, 4) is 0 Å². The fourth-order valence-electron chi connectivity index (χ4n) is 4.00. The molecule has 7 heteroatoms. The number of aliphatic hydroxyl groups is 3. The maximum absolute atomic E-state index is 11.6. The van der Waals surface area contributed by atoms with E-state index in [1.165, 1.54) is 12.5 Å². The molecule has 0 aromatic carbocycles. The van der Waals surface area contributed by atoms with E-state index < -0.39 is 48.9 Å². The van der Waals surface area contributed by atoms with Crippen molar-refractivity contribution in [2.45, 2.75) is 96.6 Å². The molecule has 0 bridgehead atoms. The number of esters is 1. The highest BCUT2D eigenvalue weighted by molar-refractivity contribution is 5.66. The average molecular weight is 427 g/mol. The number of allylic oxidation sites excluding steroid dienone is 3. The summed E-state index contributed by atoms with van der Waals surface area (Å²) in [6.45, 7) is 9.21. The second-order valence-electron chi connectivity index (χ2n) is 9.11. The Morgan fingerprint density at radius 3 is 2.63 bits per heavy atom. The number of carbonyl (C=O) groups is 1. The molecule has 0 unspecified atom stereocenters. The van der Waals surface area contributed by atoms with Gasteiger partial charge >= 0.3 is 5.97 Å². The van der Waals surface area contributed by atoms with Crippen molar-refractivity contribution in [1.82, 2.24) is 0 Å². The van der Waals surface area contributed by atoms with Gasteiger partial charge in [-0.1, -0.05) is 37.6 Å². The first-order chi connectivity index (χ1) is 14.1. The molecule has 2 rings (SSSR count). The third-order valence-electron chi connectivity index (χ3n) is 6.07. The minimum absolute atomic E-state index is 0.392. The minimum atomic E-state index is -1.43. The molecule has 2 aliphatic rings. The van der Waals surface area contributed by atoms with E-state index in [9.17, 15) is 20.1 Å². The van der Waals surface area contributed by atoms with E-state index in [1.54, 1.807) is 0 Å². The van der Waals surface area contributed by atoms with Gasteiger partial charge in [-0.3, -0.25) is 4.79 Å². The average Bonchev–Trinajstić information content (AvgIpc) is 2.66. The summed E-state index contributed by atoms with van der Waals surface area (Å²) < 4.78 is 17.2. The summed E-state index contributed by atoms with van der Waals surface area (Å²) in [5, 5.41) is 30.2. The molecule has 30 heavy (non-hydrogen) atoms. The van der Waals surface area contributed by atoms with E-state index in [1.807, 2.05) is 13.0 Å². The van der Waals surface area contributed by atoms with Crippen LogP contribution in [-0.2, 0) is 19.0 Å². The van der Waals surface area contributed by atoms with Gasteiger partial charge < -0.3 is 29.5 Å². The van der Waals surface area contributed by atoms with Gasteiger partial charge in [0.2, 0.25) is 0 Å². The summed E-state index contributed by atoms with van der Waals surface area (Å²) in [6.07, 6.45) is 3.86. The lowest BCUT2D eigenvalue weighted by Crippen LogP contribution is -2.61. The van der Waals surface area contributed by atoms with E-state index in [0.29, 0.717) is 18.3 Å². The molecular weight excluding hydrogens is 388 g/mol. The molecule has 1 heterocycles. The Hall–Kier alpha value is -1.25. The molecule has 0 radical (unpaired) electrons. The van der Waals surface area contributed by atoms with E-state index in [4.69, 9.17) is 14.2 Å². The molecule has 1 fully saturated rings. The predicted molar refractivity (Wildman–Crippen MR) is 112 cm³/mol. The maximum Gasteiger partial charge on any atom is 0.303 e. The molecule has 7 nitrogen and oxygen atoms in total. The van der Waals surface area contributed by atoms with Gasteiger partial charge in [-0.15, -0.1) is 0 Å². The summed E-state index contributed by atoms with van der Waals surface area (Å²) in [6, 6.07) is 0. The Morgan fingerprint density at radius 2 is 2.03 bits per heavy atom. The maximum atomic E-state index is 11.6. The van der Waals surface area contributed by atoms with Gasteiger partial charge in [0, 0.05) is 6.92 Å². The van der Waals surface area contributed by atoms with Gasteiger partial charge in [-0.2, -0.15) is 0 Å². The SMILES string of the molecule is CC(=O)O[C@H]1[C@H](O[C@@]2(C)/C=C/[C@H](C(C)C)CC/C(C)=C/CC2)O[C@H](CO)[C@@H](O)[C@@H]1O. The summed E-state index contributed by atoms with van der Waals surface area (Å²) in [5.74, 6) is 0.257. The molecule has 7 atom stereocenters.